The minimum absolute atomic E-state index is 0.0490. The first-order valence-electron chi connectivity index (χ1n) is 5.20. The predicted octanol–water partition coefficient (Wildman–Crippen LogP) is 1.49. The van der Waals surface area contributed by atoms with E-state index in [1.165, 1.54) is 19.3 Å². The fraction of sp³-hybridized carbons (Fsp3) is 1.00. The van der Waals surface area contributed by atoms with Crippen molar-refractivity contribution < 1.29 is 9.50 Å². The fourth-order valence-corrected chi connectivity index (χ4v) is 2.11. The van der Waals surface area contributed by atoms with E-state index in [-0.39, 0.29) is 18.7 Å². The topological polar surface area (TPSA) is 32.3 Å². The van der Waals surface area contributed by atoms with E-state index in [9.17, 15) is 9.50 Å². The Morgan fingerprint density at radius 3 is 2.46 bits per heavy atom. The summed E-state index contributed by atoms with van der Waals surface area (Å²) in [5.74, 6) is 0. The standard InChI is InChI=1S/C10H20FNO/c11-6-7-12-8-10(9-13)4-2-1-3-5-10/h12-13H,1-9H2. The third-order valence-corrected chi connectivity index (χ3v) is 3.02. The first-order valence-corrected chi connectivity index (χ1v) is 5.20. The molecule has 2 nitrogen and oxygen atoms in total. The van der Waals surface area contributed by atoms with Crippen LogP contribution >= 0.6 is 0 Å². The maximum Gasteiger partial charge on any atom is 0.102 e. The minimum atomic E-state index is -0.318. The molecule has 13 heavy (non-hydrogen) atoms. The molecule has 0 atom stereocenters. The van der Waals surface area contributed by atoms with Crippen LogP contribution in [0.5, 0.6) is 0 Å². The number of nitrogens with one attached hydrogen (secondary N) is 1. The van der Waals surface area contributed by atoms with Gasteiger partial charge in [-0.05, 0) is 12.8 Å². The Labute approximate surface area is 79.5 Å². The van der Waals surface area contributed by atoms with Crippen molar-refractivity contribution >= 4 is 0 Å². The molecule has 0 aliphatic heterocycles. The van der Waals surface area contributed by atoms with E-state index in [0.29, 0.717) is 6.54 Å². The van der Waals surface area contributed by atoms with Gasteiger partial charge in [0.2, 0.25) is 0 Å². The minimum Gasteiger partial charge on any atom is -0.396 e. The lowest BCUT2D eigenvalue weighted by Crippen LogP contribution is -2.39. The Balaban J connectivity index is 2.29. The zero-order valence-electron chi connectivity index (χ0n) is 8.19. The van der Waals surface area contributed by atoms with E-state index in [2.05, 4.69) is 5.32 Å². The Hall–Kier alpha value is -0.150. The first kappa shape index (κ1) is 10.9. The second kappa shape index (κ2) is 5.55. The van der Waals surface area contributed by atoms with Gasteiger partial charge in [-0.2, -0.15) is 0 Å². The van der Waals surface area contributed by atoms with Gasteiger partial charge in [0.1, 0.15) is 6.67 Å². The lowest BCUT2D eigenvalue weighted by Gasteiger charge is -2.35. The predicted molar refractivity (Wildman–Crippen MR) is 51.4 cm³/mol. The van der Waals surface area contributed by atoms with Gasteiger partial charge in [0.25, 0.3) is 0 Å². The third-order valence-electron chi connectivity index (χ3n) is 3.02. The molecule has 78 valence electrons. The number of hydrogen-bond acceptors (Lipinski definition) is 2. The summed E-state index contributed by atoms with van der Waals surface area (Å²) in [5, 5.41) is 12.4. The van der Waals surface area contributed by atoms with Crippen LogP contribution in [0, 0.1) is 5.41 Å². The van der Waals surface area contributed by atoms with Crippen molar-refractivity contribution in [2.75, 3.05) is 26.4 Å². The maximum absolute atomic E-state index is 11.9. The van der Waals surface area contributed by atoms with Crippen molar-refractivity contribution in [1.29, 1.82) is 0 Å². The van der Waals surface area contributed by atoms with Crippen LogP contribution in [0.2, 0.25) is 0 Å². The fourth-order valence-electron chi connectivity index (χ4n) is 2.11. The van der Waals surface area contributed by atoms with Crippen LogP contribution in [-0.4, -0.2) is 31.5 Å². The van der Waals surface area contributed by atoms with E-state index in [1.54, 1.807) is 0 Å². The molecule has 1 rings (SSSR count). The monoisotopic (exact) mass is 189 g/mol. The third kappa shape index (κ3) is 3.24. The van der Waals surface area contributed by atoms with E-state index in [0.717, 1.165) is 19.4 Å². The molecule has 1 aliphatic carbocycles. The molecule has 0 unspecified atom stereocenters. The van der Waals surface area contributed by atoms with Gasteiger partial charge in [-0.15, -0.1) is 0 Å². The molecule has 1 saturated carbocycles. The van der Waals surface area contributed by atoms with Gasteiger partial charge in [0, 0.05) is 25.1 Å². The zero-order chi connectivity index (χ0) is 9.57. The molecule has 1 aliphatic rings. The second-order valence-electron chi connectivity index (χ2n) is 4.08. The van der Waals surface area contributed by atoms with Crippen LogP contribution in [0.25, 0.3) is 0 Å². The van der Waals surface area contributed by atoms with Gasteiger partial charge in [0.05, 0.1) is 0 Å². The molecule has 0 aromatic heterocycles. The van der Waals surface area contributed by atoms with E-state index >= 15 is 0 Å². The molecule has 0 aromatic rings. The Bertz CT molecular complexity index is 135. The maximum atomic E-state index is 11.9. The highest BCUT2D eigenvalue weighted by Gasteiger charge is 2.30. The second-order valence-corrected chi connectivity index (χ2v) is 4.08. The van der Waals surface area contributed by atoms with Crippen LogP contribution in [0.1, 0.15) is 32.1 Å². The van der Waals surface area contributed by atoms with Crippen molar-refractivity contribution in [3.8, 4) is 0 Å². The summed E-state index contributed by atoms with van der Waals surface area (Å²) in [6.45, 7) is 1.11. The largest absolute Gasteiger partial charge is 0.396 e. The molecule has 0 bridgehead atoms. The first-order chi connectivity index (χ1) is 6.33. The van der Waals surface area contributed by atoms with Gasteiger partial charge in [-0.3, -0.25) is 0 Å². The Morgan fingerprint density at radius 1 is 1.23 bits per heavy atom. The van der Waals surface area contributed by atoms with Gasteiger partial charge >= 0.3 is 0 Å². The average Bonchev–Trinajstić information content (AvgIpc) is 2.20. The number of aliphatic hydroxyl groups excluding tert-OH is 1. The summed E-state index contributed by atoms with van der Waals surface area (Å²) >= 11 is 0. The molecule has 0 aromatic carbocycles. The number of aliphatic hydroxyl groups is 1. The van der Waals surface area contributed by atoms with Gasteiger partial charge in [-0.1, -0.05) is 19.3 Å². The van der Waals surface area contributed by atoms with Gasteiger partial charge in [0.15, 0.2) is 0 Å². The molecule has 0 radical (unpaired) electrons. The van der Waals surface area contributed by atoms with Crippen LogP contribution < -0.4 is 5.32 Å². The van der Waals surface area contributed by atoms with Gasteiger partial charge < -0.3 is 10.4 Å². The summed E-state index contributed by atoms with van der Waals surface area (Å²) in [4.78, 5) is 0. The normalized spacial score (nSPS) is 21.7. The SMILES string of the molecule is OCC1(CNCCF)CCCCC1. The summed E-state index contributed by atoms with van der Waals surface area (Å²) in [6, 6.07) is 0. The van der Waals surface area contributed by atoms with Crippen LogP contribution in [0.4, 0.5) is 4.39 Å². The molecule has 0 amide bonds. The molecule has 1 fully saturated rings. The van der Waals surface area contributed by atoms with Crippen LogP contribution in [0.3, 0.4) is 0 Å². The average molecular weight is 189 g/mol. The van der Waals surface area contributed by atoms with Crippen molar-refractivity contribution in [3.05, 3.63) is 0 Å². The lowest BCUT2D eigenvalue weighted by atomic mass is 9.74. The quantitative estimate of drug-likeness (QED) is 0.642. The highest BCUT2D eigenvalue weighted by Crippen LogP contribution is 2.34. The van der Waals surface area contributed by atoms with E-state index < -0.39 is 0 Å². The highest BCUT2D eigenvalue weighted by molar-refractivity contribution is 4.84. The molecule has 2 N–H and O–H groups in total. The van der Waals surface area contributed by atoms with Crippen LogP contribution in [-0.2, 0) is 0 Å². The smallest absolute Gasteiger partial charge is 0.102 e. The molecule has 0 heterocycles. The van der Waals surface area contributed by atoms with Crippen molar-refractivity contribution in [2.24, 2.45) is 5.41 Å². The van der Waals surface area contributed by atoms with Crippen molar-refractivity contribution in [2.45, 2.75) is 32.1 Å². The number of alkyl halides is 1. The Kier molecular flexibility index (Phi) is 4.67. The highest BCUT2D eigenvalue weighted by atomic mass is 19.1. The summed E-state index contributed by atoms with van der Waals surface area (Å²) in [5.41, 5.74) is 0.0490. The molecule has 0 spiro atoms. The Morgan fingerprint density at radius 2 is 1.92 bits per heavy atom. The molecule has 3 heteroatoms. The van der Waals surface area contributed by atoms with Crippen molar-refractivity contribution in [1.82, 2.24) is 5.32 Å². The van der Waals surface area contributed by atoms with Crippen LogP contribution in [0.15, 0.2) is 0 Å². The molecular formula is C10H20FNO. The zero-order valence-corrected chi connectivity index (χ0v) is 8.19. The summed E-state index contributed by atoms with van der Waals surface area (Å²) < 4.78 is 11.9. The van der Waals surface area contributed by atoms with E-state index in [4.69, 9.17) is 0 Å². The molecule has 0 saturated heterocycles. The molecular weight excluding hydrogens is 169 g/mol. The van der Waals surface area contributed by atoms with Gasteiger partial charge in [-0.25, -0.2) is 4.39 Å². The number of rotatable bonds is 5. The van der Waals surface area contributed by atoms with Crippen molar-refractivity contribution in [3.63, 3.8) is 0 Å². The van der Waals surface area contributed by atoms with E-state index in [1.807, 2.05) is 0 Å². The lowest BCUT2D eigenvalue weighted by molar-refractivity contribution is 0.0811. The summed E-state index contributed by atoms with van der Waals surface area (Å²) in [7, 11) is 0. The number of hydrogen-bond donors (Lipinski definition) is 2. The number of halogens is 1. The summed E-state index contributed by atoms with van der Waals surface area (Å²) in [6.07, 6.45) is 5.87.